The highest BCUT2D eigenvalue weighted by atomic mass is 31.2. The zero-order valence-electron chi connectivity index (χ0n) is 27.9. The van der Waals surface area contributed by atoms with Gasteiger partial charge in [0, 0.05) is 54.0 Å². The smallest absolute Gasteiger partial charge is 0.326 e. The molecule has 15 nitrogen and oxygen atoms in total. The van der Waals surface area contributed by atoms with Gasteiger partial charge in [0.25, 0.3) is 0 Å². The number of aromatic amines is 1. The quantitative estimate of drug-likeness (QED) is 0.0892. The minimum Gasteiger partial charge on any atom is -0.502 e. The third-order valence-corrected chi connectivity index (χ3v) is 9.46. The number of hydrogen-bond acceptors (Lipinski definition) is 8. The van der Waals surface area contributed by atoms with Gasteiger partial charge in [0.15, 0.2) is 11.5 Å². The minimum atomic E-state index is -4.34. The van der Waals surface area contributed by atoms with Crippen molar-refractivity contribution in [2.45, 2.75) is 26.7 Å². The summed E-state index contributed by atoms with van der Waals surface area (Å²) < 4.78 is 33.3. The van der Waals surface area contributed by atoms with Crippen LogP contribution in [0.15, 0.2) is 60.7 Å². The Hall–Kier alpha value is -4.49. The summed E-state index contributed by atoms with van der Waals surface area (Å²) in [7, 11) is -5.86. The van der Waals surface area contributed by atoms with Crippen LogP contribution in [0.2, 0.25) is 0 Å². The lowest BCUT2D eigenvalue weighted by atomic mass is 10.0. The first-order chi connectivity index (χ1) is 23.6. The maximum absolute atomic E-state index is 12.8. The van der Waals surface area contributed by atoms with Crippen molar-refractivity contribution in [3.8, 4) is 51.2 Å². The summed E-state index contributed by atoms with van der Waals surface area (Å²) in [4.78, 5) is 73.6. The molecule has 0 atom stereocenters. The molecule has 0 unspecified atom stereocenters. The Morgan fingerprint density at radius 2 is 1.14 bits per heavy atom. The number of methoxy groups -OCH3 is 2. The molecule has 0 bridgehead atoms. The summed E-state index contributed by atoms with van der Waals surface area (Å²) in [5, 5.41) is 10.5. The summed E-state index contributed by atoms with van der Waals surface area (Å²) in [6, 6.07) is 17.1. The van der Waals surface area contributed by atoms with E-state index >= 15 is 0 Å². The molecule has 0 aliphatic heterocycles. The molecule has 6 N–H and O–H groups in total. The molecular formula is C33H40N4O11P2. The van der Waals surface area contributed by atoms with Crippen molar-refractivity contribution in [1.82, 2.24) is 9.97 Å². The molecule has 0 radical (unpaired) electrons. The van der Waals surface area contributed by atoms with Crippen LogP contribution in [0.1, 0.15) is 26.7 Å². The number of phenolic OH excluding ortho intramolecular Hbond substituents is 1. The van der Waals surface area contributed by atoms with Gasteiger partial charge in [-0.25, -0.2) is 4.98 Å². The van der Waals surface area contributed by atoms with Gasteiger partial charge in [0.05, 0.1) is 37.9 Å². The second-order valence-corrected chi connectivity index (χ2v) is 14.7. The van der Waals surface area contributed by atoms with E-state index in [2.05, 4.69) is 4.98 Å². The number of rotatable bonds is 15. The van der Waals surface area contributed by atoms with E-state index in [4.69, 9.17) is 14.5 Å². The Morgan fingerprint density at radius 3 is 1.52 bits per heavy atom. The molecule has 0 aliphatic carbocycles. The second kappa shape index (κ2) is 16.0. The summed E-state index contributed by atoms with van der Waals surface area (Å²) in [5.41, 5.74) is 4.06. The monoisotopic (exact) mass is 730 g/mol. The zero-order valence-corrected chi connectivity index (χ0v) is 29.7. The van der Waals surface area contributed by atoms with Crippen molar-refractivity contribution in [2.75, 3.05) is 49.4 Å². The van der Waals surface area contributed by atoms with Crippen molar-refractivity contribution in [1.29, 1.82) is 0 Å². The van der Waals surface area contributed by atoms with E-state index in [0.29, 0.717) is 45.3 Å². The van der Waals surface area contributed by atoms with E-state index in [-0.39, 0.29) is 43.2 Å². The number of carbonyl (C=O) groups excluding carboxylic acids is 2. The van der Waals surface area contributed by atoms with Gasteiger partial charge in [0.1, 0.15) is 5.82 Å². The predicted octanol–water partition coefficient (Wildman–Crippen LogP) is 4.97. The van der Waals surface area contributed by atoms with Gasteiger partial charge in [-0.2, -0.15) is 0 Å². The van der Waals surface area contributed by atoms with E-state index < -0.39 is 39.3 Å². The van der Waals surface area contributed by atoms with Gasteiger partial charge in [0.2, 0.25) is 17.6 Å². The SMILES string of the molecule is CCN(C(=O)CCP(=O)(O)O)c1ccc(-c2nc(-c3cc(OC)c(O)c(OC)c3)[nH]c2-c2ccc(N(CC)C(=O)CCP(=O)(O)O)cc2)cc1. The summed E-state index contributed by atoms with van der Waals surface area (Å²) in [5.74, 6) is -0.293. The number of hydrogen-bond donors (Lipinski definition) is 6. The first-order valence-electron chi connectivity index (χ1n) is 15.5. The van der Waals surface area contributed by atoms with Crippen LogP contribution in [0.4, 0.5) is 11.4 Å². The fourth-order valence-corrected chi connectivity index (χ4v) is 6.29. The van der Waals surface area contributed by atoms with Crippen LogP contribution in [-0.2, 0) is 18.7 Å². The predicted molar refractivity (Wildman–Crippen MR) is 189 cm³/mol. The van der Waals surface area contributed by atoms with Crippen LogP contribution in [-0.4, -0.2) is 86.1 Å². The molecule has 1 heterocycles. The number of amides is 2. The molecule has 4 aromatic rings. The molecule has 1 aromatic heterocycles. The van der Waals surface area contributed by atoms with Crippen molar-refractivity contribution in [3.05, 3.63) is 60.7 Å². The minimum absolute atomic E-state index is 0.165. The molecule has 0 fully saturated rings. The van der Waals surface area contributed by atoms with Crippen LogP contribution >= 0.6 is 15.2 Å². The molecule has 0 saturated carbocycles. The number of ether oxygens (including phenoxy) is 2. The third kappa shape index (κ3) is 9.39. The van der Waals surface area contributed by atoms with Crippen LogP contribution in [0.5, 0.6) is 17.2 Å². The number of H-pyrrole nitrogens is 1. The third-order valence-electron chi connectivity index (χ3n) is 7.85. The van der Waals surface area contributed by atoms with Gasteiger partial charge >= 0.3 is 15.2 Å². The summed E-state index contributed by atoms with van der Waals surface area (Å²) in [6.45, 7) is 4.09. The maximum Gasteiger partial charge on any atom is 0.326 e. The number of imidazole rings is 1. The number of nitrogens with zero attached hydrogens (tertiary/aromatic N) is 3. The van der Waals surface area contributed by atoms with Crippen LogP contribution in [0.25, 0.3) is 33.9 Å². The molecule has 2 amide bonds. The van der Waals surface area contributed by atoms with E-state index in [1.165, 1.54) is 24.0 Å². The van der Waals surface area contributed by atoms with Gasteiger partial charge in [-0.3, -0.25) is 18.7 Å². The van der Waals surface area contributed by atoms with Gasteiger partial charge < -0.3 is 48.9 Å². The topological polar surface area (TPSA) is 223 Å². The zero-order chi connectivity index (χ0) is 36.8. The van der Waals surface area contributed by atoms with Crippen molar-refractivity contribution < 1.29 is 52.9 Å². The Morgan fingerprint density at radius 1 is 0.720 bits per heavy atom. The van der Waals surface area contributed by atoms with E-state index in [0.717, 1.165) is 0 Å². The number of carbonyl (C=O) groups is 2. The largest absolute Gasteiger partial charge is 0.502 e. The Labute approximate surface area is 288 Å². The van der Waals surface area contributed by atoms with E-state index in [1.54, 1.807) is 74.5 Å². The standard InChI is InChI=1S/C33H40N4O11P2/c1-5-36(28(38)15-17-49(41,42)43)24-11-7-21(8-12-24)30-31(35-33(34-30)23-19-26(47-3)32(40)27(20-23)48-4)22-9-13-25(14-10-22)37(6-2)29(39)16-18-50(44,45)46/h7-14,19-20,40H,5-6,15-18H2,1-4H3,(H,34,35)(H2,41,42,43)(H2,44,45,46). The molecule has 268 valence electrons. The number of nitrogens with one attached hydrogen (secondary N) is 1. The first kappa shape index (κ1) is 38.3. The normalized spacial score (nSPS) is 11.7. The van der Waals surface area contributed by atoms with E-state index in [9.17, 15) is 43.4 Å². The average Bonchev–Trinajstić information content (AvgIpc) is 3.53. The van der Waals surface area contributed by atoms with E-state index in [1.807, 2.05) is 0 Å². The number of phenols is 1. The van der Waals surface area contributed by atoms with Gasteiger partial charge in [-0.1, -0.05) is 24.3 Å². The summed E-state index contributed by atoms with van der Waals surface area (Å²) in [6.07, 6.45) is -1.73. The molecule has 0 aliphatic rings. The Balaban J connectivity index is 1.76. The highest BCUT2D eigenvalue weighted by molar-refractivity contribution is 7.52. The number of benzene rings is 3. The first-order valence-corrected chi connectivity index (χ1v) is 19.1. The molecular weight excluding hydrogens is 690 g/mol. The summed E-state index contributed by atoms with van der Waals surface area (Å²) >= 11 is 0. The maximum atomic E-state index is 12.8. The van der Waals surface area contributed by atoms with Gasteiger partial charge in [-0.15, -0.1) is 0 Å². The Kier molecular flexibility index (Phi) is 12.3. The number of aromatic hydroxyl groups is 1. The molecule has 17 heteroatoms. The average molecular weight is 731 g/mol. The lowest BCUT2D eigenvalue weighted by molar-refractivity contribution is -0.119. The van der Waals surface area contributed by atoms with Gasteiger partial charge in [-0.05, 0) is 50.2 Å². The Bertz CT molecular complexity index is 1790. The fraction of sp³-hybridized carbons (Fsp3) is 0.303. The molecule has 3 aromatic carbocycles. The number of anilines is 2. The highest BCUT2D eigenvalue weighted by Crippen LogP contribution is 2.42. The second-order valence-electron chi connectivity index (χ2n) is 11.2. The molecule has 4 rings (SSSR count). The lowest BCUT2D eigenvalue weighted by Gasteiger charge is -2.22. The van der Waals surface area contributed by atoms with Crippen LogP contribution < -0.4 is 19.3 Å². The lowest BCUT2D eigenvalue weighted by Crippen LogP contribution is -2.31. The van der Waals surface area contributed by atoms with Crippen LogP contribution in [0, 0.1) is 0 Å². The van der Waals surface area contributed by atoms with Crippen molar-refractivity contribution in [2.24, 2.45) is 0 Å². The molecule has 0 spiro atoms. The highest BCUT2D eigenvalue weighted by Gasteiger charge is 2.23. The fourth-order valence-electron chi connectivity index (χ4n) is 5.32. The molecule has 0 saturated heterocycles. The number of aromatic nitrogens is 2. The molecule has 50 heavy (non-hydrogen) atoms. The van der Waals surface area contributed by atoms with Crippen LogP contribution in [0.3, 0.4) is 0 Å². The van der Waals surface area contributed by atoms with Crippen molar-refractivity contribution in [3.63, 3.8) is 0 Å². The van der Waals surface area contributed by atoms with Crippen molar-refractivity contribution >= 4 is 38.4 Å².